The van der Waals surface area contributed by atoms with Gasteiger partial charge in [0, 0.05) is 16.9 Å². The van der Waals surface area contributed by atoms with Crippen molar-refractivity contribution >= 4 is 15.9 Å². The summed E-state index contributed by atoms with van der Waals surface area (Å²) in [6.07, 6.45) is 3.55. The Morgan fingerprint density at radius 1 is 1.06 bits per heavy atom. The largest absolute Gasteiger partial charge is 0.491 e. The number of rotatable bonds is 6. The average molecular weight is 308 g/mol. The third-order valence-corrected chi connectivity index (χ3v) is 2.70. The van der Waals surface area contributed by atoms with E-state index in [2.05, 4.69) is 20.9 Å². The molecular formula is C14H14BrNO2. The Morgan fingerprint density at radius 3 is 2.67 bits per heavy atom. The molecule has 0 aliphatic rings. The molecule has 18 heavy (non-hydrogen) atoms. The summed E-state index contributed by atoms with van der Waals surface area (Å²) in [4.78, 5) is 4.07. The molecule has 0 atom stereocenters. The van der Waals surface area contributed by atoms with Crippen LogP contribution in [0.5, 0.6) is 5.75 Å². The SMILES string of the molecule is Brc1cncc(COCCOc2ccccc2)c1. The van der Waals surface area contributed by atoms with Crippen LogP contribution in [0.15, 0.2) is 53.3 Å². The van der Waals surface area contributed by atoms with E-state index >= 15 is 0 Å². The van der Waals surface area contributed by atoms with E-state index < -0.39 is 0 Å². The van der Waals surface area contributed by atoms with Gasteiger partial charge in [-0.2, -0.15) is 0 Å². The summed E-state index contributed by atoms with van der Waals surface area (Å²) >= 11 is 3.37. The van der Waals surface area contributed by atoms with Gasteiger partial charge >= 0.3 is 0 Å². The molecule has 1 heterocycles. The van der Waals surface area contributed by atoms with Crippen LogP contribution < -0.4 is 4.74 Å². The van der Waals surface area contributed by atoms with Gasteiger partial charge in [0.1, 0.15) is 12.4 Å². The van der Waals surface area contributed by atoms with Crippen molar-refractivity contribution in [3.8, 4) is 5.75 Å². The lowest BCUT2D eigenvalue weighted by Gasteiger charge is -2.07. The van der Waals surface area contributed by atoms with Crippen LogP contribution in [0.1, 0.15) is 5.56 Å². The van der Waals surface area contributed by atoms with Crippen molar-refractivity contribution < 1.29 is 9.47 Å². The Labute approximate surface area is 115 Å². The number of benzene rings is 1. The summed E-state index contributed by atoms with van der Waals surface area (Å²) in [5, 5.41) is 0. The standard InChI is InChI=1S/C14H14BrNO2/c15-13-8-12(9-16-10-13)11-17-6-7-18-14-4-2-1-3-5-14/h1-5,8-10H,6-7,11H2. The highest BCUT2D eigenvalue weighted by atomic mass is 79.9. The number of halogens is 1. The maximum absolute atomic E-state index is 5.52. The number of ether oxygens (including phenoxy) is 2. The molecule has 0 spiro atoms. The molecule has 1 aromatic carbocycles. The van der Waals surface area contributed by atoms with Crippen LogP contribution in [0.2, 0.25) is 0 Å². The molecule has 2 aromatic rings. The number of aromatic nitrogens is 1. The van der Waals surface area contributed by atoms with E-state index in [-0.39, 0.29) is 0 Å². The van der Waals surface area contributed by atoms with Gasteiger partial charge in [-0.3, -0.25) is 4.98 Å². The van der Waals surface area contributed by atoms with Crippen molar-refractivity contribution in [1.29, 1.82) is 0 Å². The van der Waals surface area contributed by atoms with Gasteiger partial charge in [0.25, 0.3) is 0 Å². The third-order valence-electron chi connectivity index (χ3n) is 2.27. The number of nitrogens with zero attached hydrogens (tertiary/aromatic N) is 1. The van der Waals surface area contributed by atoms with Gasteiger partial charge in [-0.05, 0) is 39.7 Å². The zero-order chi connectivity index (χ0) is 12.6. The maximum Gasteiger partial charge on any atom is 0.119 e. The zero-order valence-corrected chi connectivity index (χ0v) is 11.5. The molecule has 0 unspecified atom stereocenters. The Morgan fingerprint density at radius 2 is 1.89 bits per heavy atom. The minimum atomic E-state index is 0.546. The number of hydrogen-bond acceptors (Lipinski definition) is 3. The Kier molecular flexibility index (Phi) is 5.17. The second kappa shape index (κ2) is 7.13. The summed E-state index contributed by atoms with van der Waals surface area (Å²) in [6.45, 7) is 1.65. The molecule has 0 saturated carbocycles. The third kappa shape index (κ3) is 4.47. The van der Waals surface area contributed by atoms with E-state index in [9.17, 15) is 0 Å². The zero-order valence-electron chi connectivity index (χ0n) is 9.88. The first-order valence-electron chi connectivity index (χ1n) is 5.69. The van der Waals surface area contributed by atoms with Gasteiger partial charge in [-0.25, -0.2) is 0 Å². The van der Waals surface area contributed by atoms with E-state index in [4.69, 9.17) is 9.47 Å². The van der Waals surface area contributed by atoms with Gasteiger partial charge < -0.3 is 9.47 Å². The molecule has 3 nitrogen and oxygen atoms in total. The van der Waals surface area contributed by atoms with Gasteiger partial charge in [0.05, 0.1) is 13.2 Å². The van der Waals surface area contributed by atoms with E-state index in [1.165, 1.54) is 0 Å². The Hall–Kier alpha value is -1.39. The van der Waals surface area contributed by atoms with Crippen molar-refractivity contribution in [2.45, 2.75) is 6.61 Å². The fraction of sp³-hybridized carbons (Fsp3) is 0.214. The first-order chi connectivity index (χ1) is 8.84. The van der Waals surface area contributed by atoms with Crippen molar-refractivity contribution in [3.63, 3.8) is 0 Å². The van der Waals surface area contributed by atoms with Gasteiger partial charge in [0.2, 0.25) is 0 Å². The molecule has 0 fully saturated rings. The molecule has 4 heteroatoms. The lowest BCUT2D eigenvalue weighted by molar-refractivity contribution is 0.0887. The quantitative estimate of drug-likeness (QED) is 0.766. The van der Waals surface area contributed by atoms with Gasteiger partial charge in [0.15, 0.2) is 0 Å². The molecule has 94 valence electrons. The molecular weight excluding hydrogens is 294 g/mol. The van der Waals surface area contributed by atoms with Crippen LogP contribution in [-0.2, 0) is 11.3 Å². The van der Waals surface area contributed by atoms with Crippen molar-refractivity contribution in [1.82, 2.24) is 4.98 Å². The molecule has 0 saturated heterocycles. The predicted octanol–water partition coefficient (Wildman–Crippen LogP) is 3.44. The van der Waals surface area contributed by atoms with Gasteiger partial charge in [-0.1, -0.05) is 18.2 Å². The predicted molar refractivity (Wildman–Crippen MR) is 73.5 cm³/mol. The highest BCUT2D eigenvalue weighted by molar-refractivity contribution is 9.10. The van der Waals surface area contributed by atoms with Crippen LogP contribution in [0, 0.1) is 0 Å². The minimum Gasteiger partial charge on any atom is -0.491 e. The van der Waals surface area contributed by atoms with E-state index in [0.29, 0.717) is 19.8 Å². The second-order valence-corrected chi connectivity index (χ2v) is 4.64. The lowest BCUT2D eigenvalue weighted by atomic mass is 10.3. The molecule has 0 N–H and O–H groups in total. The number of hydrogen-bond donors (Lipinski definition) is 0. The summed E-state index contributed by atoms with van der Waals surface area (Å²) in [5.74, 6) is 0.866. The van der Waals surface area contributed by atoms with Crippen LogP contribution in [-0.4, -0.2) is 18.2 Å². The van der Waals surface area contributed by atoms with Crippen LogP contribution in [0.3, 0.4) is 0 Å². The van der Waals surface area contributed by atoms with Crippen LogP contribution in [0.25, 0.3) is 0 Å². The molecule has 1 aromatic heterocycles. The molecule has 0 radical (unpaired) electrons. The Balaban J connectivity index is 1.65. The molecule has 2 rings (SSSR count). The fourth-order valence-electron chi connectivity index (χ4n) is 1.46. The van der Waals surface area contributed by atoms with Crippen LogP contribution in [0.4, 0.5) is 0 Å². The normalized spacial score (nSPS) is 10.3. The van der Waals surface area contributed by atoms with Crippen molar-refractivity contribution in [2.75, 3.05) is 13.2 Å². The molecule has 0 bridgehead atoms. The first-order valence-corrected chi connectivity index (χ1v) is 6.49. The summed E-state index contributed by atoms with van der Waals surface area (Å²) in [6, 6.07) is 11.7. The van der Waals surface area contributed by atoms with E-state index in [0.717, 1.165) is 15.8 Å². The molecule has 0 amide bonds. The first kappa shape index (κ1) is 13.1. The summed E-state index contributed by atoms with van der Waals surface area (Å²) < 4.78 is 12.0. The topological polar surface area (TPSA) is 31.4 Å². The number of para-hydroxylation sites is 1. The highest BCUT2D eigenvalue weighted by Crippen LogP contribution is 2.10. The number of pyridine rings is 1. The van der Waals surface area contributed by atoms with Gasteiger partial charge in [-0.15, -0.1) is 0 Å². The highest BCUT2D eigenvalue weighted by Gasteiger charge is 1.96. The monoisotopic (exact) mass is 307 g/mol. The van der Waals surface area contributed by atoms with Crippen LogP contribution >= 0.6 is 15.9 Å². The van der Waals surface area contributed by atoms with Crippen molar-refractivity contribution in [2.24, 2.45) is 0 Å². The van der Waals surface area contributed by atoms with E-state index in [1.807, 2.05) is 36.4 Å². The lowest BCUT2D eigenvalue weighted by Crippen LogP contribution is -2.06. The fourth-order valence-corrected chi connectivity index (χ4v) is 1.87. The minimum absolute atomic E-state index is 0.546. The average Bonchev–Trinajstić information content (AvgIpc) is 2.40. The molecule has 0 aliphatic carbocycles. The second-order valence-electron chi connectivity index (χ2n) is 3.73. The maximum atomic E-state index is 5.52. The Bertz CT molecular complexity index is 476. The smallest absolute Gasteiger partial charge is 0.119 e. The van der Waals surface area contributed by atoms with Crippen molar-refractivity contribution in [3.05, 3.63) is 58.8 Å². The molecule has 0 aliphatic heterocycles. The summed E-state index contributed by atoms with van der Waals surface area (Å²) in [5.41, 5.74) is 1.05. The van der Waals surface area contributed by atoms with E-state index in [1.54, 1.807) is 12.4 Å². The summed E-state index contributed by atoms with van der Waals surface area (Å²) in [7, 11) is 0.